The maximum absolute atomic E-state index is 12.7. The molecule has 23 heavy (non-hydrogen) atoms. The van der Waals surface area contributed by atoms with Gasteiger partial charge in [-0.1, -0.05) is 0 Å². The van der Waals surface area contributed by atoms with E-state index < -0.39 is 0 Å². The fourth-order valence-corrected chi connectivity index (χ4v) is 3.60. The van der Waals surface area contributed by atoms with E-state index in [1.165, 1.54) is 7.11 Å². The Balaban J connectivity index is 1.73. The molecule has 0 aromatic heterocycles. The summed E-state index contributed by atoms with van der Waals surface area (Å²) in [5.41, 5.74) is 0. The number of amides is 2. The predicted molar refractivity (Wildman–Crippen MR) is 89.1 cm³/mol. The molecule has 132 valence electrons. The van der Waals surface area contributed by atoms with Crippen molar-refractivity contribution in [1.82, 2.24) is 15.1 Å². The summed E-state index contributed by atoms with van der Waals surface area (Å²) in [4.78, 5) is 28.7. The molecule has 1 aliphatic heterocycles. The third-order valence-corrected chi connectivity index (χ3v) is 5.07. The number of piperazine rings is 1. The first-order valence-corrected chi connectivity index (χ1v) is 8.82. The van der Waals surface area contributed by atoms with E-state index in [2.05, 4.69) is 24.1 Å². The molecular formula is C17H31N3O3. The monoisotopic (exact) mass is 325 g/mol. The van der Waals surface area contributed by atoms with Crippen LogP contribution in [0.2, 0.25) is 0 Å². The van der Waals surface area contributed by atoms with Crippen molar-refractivity contribution in [3.05, 3.63) is 0 Å². The molecule has 0 aromatic rings. The average molecular weight is 325 g/mol. The number of methoxy groups -OCH3 is 1. The Morgan fingerprint density at radius 3 is 2.22 bits per heavy atom. The molecule has 2 fully saturated rings. The molecule has 6 heteroatoms. The third kappa shape index (κ3) is 5.18. The first-order valence-electron chi connectivity index (χ1n) is 8.82. The van der Waals surface area contributed by atoms with Crippen molar-refractivity contribution in [3.8, 4) is 0 Å². The number of nitrogens with one attached hydrogen (secondary N) is 1. The van der Waals surface area contributed by atoms with Crippen LogP contribution in [0, 0.1) is 5.92 Å². The average Bonchev–Trinajstić information content (AvgIpc) is 2.55. The van der Waals surface area contributed by atoms with Crippen LogP contribution in [-0.2, 0) is 14.3 Å². The molecule has 1 saturated carbocycles. The summed E-state index contributed by atoms with van der Waals surface area (Å²) in [5, 5.41) is 2.98. The Bertz CT molecular complexity index is 398. The Labute approximate surface area is 139 Å². The van der Waals surface area contributed by atoms with Gasteiger partial charge in [0.05, 0.1) is 0 Å². The highest BCUT2D eigenvalue weighted by Crippen LogP contribution is 2.26. The number of carbonyl (C=O) groups is 2. The van der Waals surface area contributed by atoms with Gasteiger partial charge < -0.3 is 15.0 Å². The van der Waals surface area contributed by atoms with Crippen LogP contribution in [0.4, 0.5) is 0 Å². The van der Waals surface area contributed by atoms with Gasteiger partial charge in [-0.05, 0) is 39.5 Å². The lowest BCUT2D eigenvalue weighted by Crippen LogP contribution is -2.52. The van der Waals surface area contributed by atoms with Gasteiger partial charge in [-0.25, -0.2) is 0 Å². The molecule has 0 spiro atoms. The number of hydrogen-bond acceptors (Lipinski definition) is 4. The number of nitrogens with zero attached hydrogens (tertiary/aromatic N) is 2. The topological polar surface area (TPSA) is 61.9 Å². The number of ether oxygens (including phenoxy) is 1. The molecule has 2 rings (SSSR count). The molecular weight excluding hydrogens is 294 g/mol. The molecule has 2 amide bonds. The lowest BCUT2D eigenvalue weighted by atomic mass is 9.85. The maximum Gasteiger partial charge on any atom is 0.246 e. The molecule has 1 heterocycles. The van der Waals surface area contributed by atoms with E-state index in [4.69, 9.17) is 4.74 Å². The van der Waals surface area contributed by atoms with E-state index in [1.807, 2.05) is 4.90 Å². The van der Waals surface area contributed by atoms with Crippen LogP contribution in [0.15, 0.2) is 0 Å². The standard InChI is InChI=1S/C17H31N3O3/c1-13(2)19-8-10-20(11-9-19)17(22)14-4-6-15(7-5-14)18-16(21)12-23-3/h13-15H,4-12H2,1-3H3,(H,18,21). The fourth-order valence-electron chi connectivity index (χ4n) is 3.60. The van der Waals surface area contributed by atoms with E-state index in [0.29, 0.717) is 11.9 Å². The second-order valence-corrected chi connectivity index (χ2v) is 7.00. The van der Waals surface area contributed by atoms with Crippen LogP contribution >= 0.6 is 0 Å². The quantitative estimate of drug-likeness (QED) is 0.814. The number of rotatable bonds is 5. The summed E-state index contributed by atoms with van der Waals surface area (Å²) in [7, 11) is 1.52. The highest BCUT2D eigenvalue weighted by Gasteiger charge is 2.31. The minimum atomic E-state index is -0.0629. The van der Waals surface area contributed by atoms with Gasteiger partial charge in [0.1, 0.15) is 6.61 Å². The molecule has 2 aliphatic rings. The van der Waals surface area contributed by atoms with Crippen LogP contribution < -0.4 is 5.32 Å². The van der Waals surface area contributed by atoms with Crippen molar-refractivity contribution in [3.63, 3.8) is 0 Å². The summed E-state index contributed by atoms with van der Waals surface area (Å²) in [5.74, 6) is 0.387. The highest BCUT2D eigenvalue weighted by molar-refractivity contribution is 5.79. The summed E-state index contributed by atoms with van der Waals surface area (Å²) >= 11 is 0. The van der Waals surface area contributed by atoms with Crippen molar-refractivity contribution in [2.45, 2.75) is 51.6 Å². The molecule has 0 radical (unpaired) electrons. The molecule has 1 N–H and O–H groups in total. The van der Waals surface area contributed by atoms with Gasteiger partial charge in [-0.3, -0.25) is 14.5 Å². The summed E-state index contributed by atoms with van der Waals surface area (Å²) in [6.45, 7) is 8.17. The van der Waals surface area contributed by atoms with E-state index in [1.54, 1.807) is 0 Å². The van der Waals surface area contributed by atoms with Crippen LogP contribution in [0.5, 0.6) is 0 Å². The smallest absolute Gasteiger partial charge is 0.246 e. The molecule has 6 nitrogen and oxygen atoms in total. The van der Waals surface area contributed by atoms with Crippen LogP contribution in [-0.4, -0.2) is 73.6 Å². The minimum absolute atomic E-state index is 0.0629. The lowest BCUT2D eigenvalue weighted by Gasteiger charge is -2.39. The molecule has 0 bridgehead atoms. The van der Waals surface area contributed by atoms with Crippen molar-refractivity contribution in [2.24, 2.45) is 5.92 Å². The maximum atomic E-state index is 12.7. The van der Waals surface area contributed by atoms with Crippen molar-refractivity contribution >= 4 is 11.8 Å². The molecule has 1 saturated heterocycles. The second kappa shape index (κ2) is 8.64. The zero-order chi connectivity index (χ0) is 16.8. The predicted octanol–water partition coefficient (Wildman–Crippen LogP) is 0.860. The van der Waals surface area contributed by atoms with Crippen molar-refractivity contribution in [2.75, 3.05) is 39.9 Å². The normalized spacial score (nSPS) is 26.3. The number of hydrogen-bond donors (Lipinski definition) is 1. The SMILES string of the molecule is COCC(=O)NC1CCC(C(=O)N2CCN(C(C)C)CC2)CC1. The van der Waals surface area contributed by atoms with Gasteiger partial charge >= 0.3 is 0 Å². The minimum Gasteiger partial charge on any atom is -0.375 e. The van der Waals surface area contributed by atoms with E-state index in [0.717, 1.165) is 51.9 Å². The first-order chi connectivity index (χ1) is 11.0. The highest BCUT2D eigenvalue weighted by atomic mass is 16.5. The molecule has 0 aromatic carbocycles. The van der Waals surface area contributed by atoms with Crippen molar-refractivity contribution in [1.29, 1.82) is 0 Å². The second-order valence-electron chi connectivity index (χ2n) is 7.00. The fraction of sp³-hybridized carbons (Fsp3) is 0.882. The van der Waals surface area contributed by atoms with E-state index in [9.17, 15) is 9.59 Å². The Morgan fingerprint density at radius 2 is 1.70 bits per heavy atom. The Kier molecular flexibility index (Phi) is 6.84. The van der Waals surface area contributed by atoms with E-state index >= 15 is 0 Å². The Morgan fingerprint density at radius 1 is 1.09 bits per heavy atom. The van der Waals surface area contributed by atoms with Gasteiger partial charge in [0.15, 0.2) is 0 Å². The van der Waals surface area contributed by atoms with Gasteiger partial charge in [-0.15, -0.1) is 0 Å². The zero-order valence-corrected chi connectivity index (χ0v) is 14.7. The summed E-state index contributed by atoms with van der Waals surface area (Å²) in [6.07, 6.45) is 3.53. The number of carbonyl (C=O) groups excluding carboxylic acids is 2. The van der Waals surface area contributed by atoms with Gasteiger partial charge in [0.25, 0.3) is 0 Å². The van der Waals surface area contributed by atoms with Gasteiger partial charge in [0.2, 0.25) is 11.8 Å². The van der Waals surface area contributed by atoms with Crippen molar-refractivity contribution < 1.29 is 14.3 Å². The van der Waals surface area contributed by atoms with Gasteiger partial charge in [-0.2, -0.15) is 0 Å². The van der Waals surface area contributed by atoms with Crippen LogP contribution in [0.1, 0.15) is 39.5 Å². The summed E-state index contributed by atoms with van der Waals surface area (Å²) < 4.78 is 4.83. The lowest BCUT2D eigenvalue weighted by molar-refractivity contribution is -0.138. The first kappa shape index (κ1) is 18.2. The largest absolute Gasteiger partial charge is 0.375 e. The van der Waals surface area contributed by atoms with Gasteiger partial charge in [0, 0.05) is 51.3 Å². The molecule has 0 atom stereocenters. The van der Waals surface area contributed by atoms with E-state index in [-0.39, 0.29) is 24.5 Å². The van der Waals surface area contributed by atoms with Crippen LogP contribution in [0.3, 0.4) is 0 Å². The van der Waals surface area contributed by atoms with Crippen LogP contribution in [0.25, 0.3) is 0 Å². The Hall–Kier alpha value is -1.14. The summed E-state index contributed by atoms with van der Waals surface area (Å²) in [6, 6.07) is 0.748. The molecule has 1 aliphatic carbocycles. The third-order valence-electron chi connectivity index (χ3n) is 5.07. The molecule has 0 unspecified atom stereocenters. The zero-order valence-electron chi connectivity index (χ0n) is 14.7.